The number of nitro benzene ring substituents is 1. The van der Waals surface area contributed by atoms with Crippen molar-refractivity contribution >= 4 is 16.8 Å². The molecule has 0 spiro atoms. The molecule has 0 saturated heterocycles. The van der Waals surface area contributed by atoms with Gasteiger partial charge >= 0.3 is 0 Å². The van der Waals surface area contributed by atoms with Crippen LogP contribution >= 0.6 is 0 Å². The van der Waals surface area contributed by atoms with E-state index in [9.17, 15) is 10.1 Å². The molecule has 0 amide bonds. The number of nitrogens with zero attached hydrogens (tertiary/aromatic N) is 2. The molecule has 1 heterocycles. The van der Waals surface area contributed by atoms with Gasteiger partial charge in [-0.05, 0) is 6.92 Å². The van der Waals surface area contributed by atoms with E-state index in [1.54, 1.807) is 6.92 Å². The summed E-state index contributed by atoms with van der Waals surface area (Å²) in [6, 6.07) is 2.94. The minimum atomic E-state index is -0.420. The first-order valence-electron chi connectivity index (χ1n) is 5.04. The van der Waals surface area contributed by atoms with Crippen LogP contribution in [0.1, 0.15) is 31.2 Å². The van der Waals surface area contributed by atoms with Gasteiger partial charge in [-0.1, -0.05) is 13.8 Å². The SMILES string of the molecule is Cc1cc([N+](=O)[O-])cc2nc(C(C)C)oc12. The van der Waals surface area contributed by atoms with E-state index < -0.39 is 4.92 Å². The molecule has 0 fully saturated rings. The number of hydrogen-bond donors (Lipinski definition) is 0. The van der Waals surface area contributed by atoms with Crippen LogP contribution in [0.15, 0.2) is 16.5 Å². The second-order valence-electron chi connectivity index (χ2n) is 4.07. The van der Waals surface area contributed by atoms with Gasteiger partial charge in [-0.25, -0.2) is 4.98 Å². The summed E-state index contributed by atoms with van der Waals surface area (Å²) in [5, 5.41) is 10.7. The highest BCUT2D eigenvalue weighted by atomic mass is 16.6. The molecule has 0 saturated carbocycles. The summed E-state index contributed by atoms with van der Waals surface area (Å²) in [6.07, 6.45) is 0. The van der Waals surface area contributed by atoms with Gasteiger partial charge in [0, 0.05) is 23.6 Å². The topological polar surface area (TPSA) is 69.2 Å². The highest BCUT2D eigenvalue weighted by Crippen LogP contribution is 2.27. The van der Waals surface area contributed by atoms with Gasteiger partial charge in [0.2, 0.25) is 0 Å². The Kier molecular flexibility index (Phi) is 2.38. The first-order chi connectivity index (χ1) is 7.49. The summed E-state index contributed by atoms with van der Waals surface area (Å²) in [6.45, 7) is 5.72. The van der Waals surface area contributed by atoms with Gasteiger partial charge in [-0.15, -0.1) is 0 Å². The van der Waals surface area contributed by atoms with E-state index in [1.165, 1.54) is 12.1 Å². The van der Waals surface area contributed by atoms with Crippen molar-refractivity contribution in [2.75, 3.05) is 0 Å². The summed E-state index contributed by atoms with van der Waals surface area (Å²) in [4.78, 5) is 14.5. The molecule has 1 aromatic heterocycles. The predicted molar refractivity (Wildman–Crippen MR) is 59.5 cm³/mol. The number of non-ortho nitro benzene ring substituents is 1. The zero-order valence-electron chi connectivity index (χ0n) is 9.35. The average Bonchev–Trinajstić information content (AvgIpc) is 2.61. The third-order valence-electron chi connectivity index (χ3n) is 2.38. The number of rotatable bonds is 2. The average molecular weight is 220 g/mol. The van der Waals surface area contributed by atoms with Crippen molar-refractivity contribution < 1.29 is 9.34 Å². The third kappa shape index (κ3) is 1.64. The van der Waals surface area contributed by atoms with Crippen LogP contribution in [0.25, 0.3) is 11.1 Å². The normalized spacial score (nSPS) is 11.2. The van der Waals surface area contributed by atoms with Gasteiger partial charge in [0.25, 0.3) is 5.69 Å². The van der Waals surface area contributed by atoms with E-state index in [4.69, 9.17) is 4.42 Å². The lowest BCUT2D eigenvalue weighted by atomic mass is 10.2. The molecular weight excluding hydrogens is 208 g/mol. The molecule has 84 valence electrons. The van der Waals surface area contributed by atoms with E-state index in [-0.39, 0.29) is 11.6 Å². The Hall–Kier alpha value is -1.91. The van der Waals surface area contributed by atoms with Crippen molar-refractivity contribution in [2.24, 2.45) is 0 Å². The summed E-state index contributed by atoms with van der Waals surface area (Å²) in [7, 11) is 0. The van der Waals surface area contributed by atoms with E-state index in [0.717, 1.165) is 5.56 Å². The van der Waals surface area contributed by atoms with Crippen LogP contribution in [0, 0.1) is 17.0 Å². The van der Waals surface area contributed by atoms with Crippen LogP contribution in [0.4, 0.5) is 5.69 Å². The lowest BCUT2D eigenvalue weighted by molar-refractivity contribution is -0.384. The van der Waals surface area contributed by atoms with Gasteiger partial charge < -0.3 is 4.42 Å². The maximum absolute atomic E-state index is 10.7. The largest absolute Gasteiger partial charge is 0.440 e. The first kappa shape index (κ1) is 10.6. The Labute approximate surface area is 92.2 Å². The van der Waals surface area contributed by atoms with Crippen molar-refractivity contribution in [2.45, 2.75) is 26.7 Å². The standard InChI is InChI=1S/C11H12N2O3/c1-6(2)11-12-9-5-8(13(14)15)4-7(3)10(9)16-11/h4-6H,1-3H3. The monoisotopic (exact) mass is 220 g/mol. The van der Waals surface area contributed by atoms with Crippen LogP contribution in [0.5, 0.6) is 0 Å². The highest BCUT2D eigenvalue weighted by molar-refractivity contribution is 5.79. The summed E-state index contributed by atoms with van der Waals surface area (Å²) < 4.78 is 5.56. The highest BCUT2D eigenvalue weighted by Gasteiger charge is 2.15. The number of nitro groups is 1. The van der Waals surface area contributed by atoms with Gasteiger partial charge in [-0.3, -0.25) is 10.1 Å². The predicted octanol–water partition coefficient (Wildman–Crippen LogP) is 3.17. The van der Waals surface area contributed by atoms with Crippen molar-refractivity contribution in [1.29, 1.82) is 0 Å². The zero-order chi connectivity index (χ0) is 11.9. The lowest BCUT2D eigenvalue weighted by Gasteiger charge is -1.95. The Morgan fingerprint density at radius 1 is 1.44 bits per heavy atom. The molecule has 1 aromatic carbocycles. The second-order valence-corrected chi connectivity index (χ2v) is 4.07. The van der Waals surface area contributed by atoms with Crippen molar-refractivity contribution in [3.05, 3.63) is 33.7 Å². The van der Waals surface area contributed by atoms with Gasteiger partial charge in [0.05, 0.1) is 4.92 Å². The fourth-order valence-corrected chi connectivity index (χ4v) is 1.55. The van der Waals surface area contributed by atoms with Gasteiger partial charge in [-0.2, -0.15) is 0 Å². The van der Waals surface area contributed by atoms with Crippen molar-refractivity contribution in [3.63, 3.8) is 0 Å². The fourth-order valence-electron chi connectivity index (χ4n) is 1.55. The Balaban J connectivity index is 2.68. The fraction of sp³-hybridized carbons (Fsp3) is 0.364. The van der Waals surface area contributed by atoms with Crippen LogP contribution in [0.2, 0.25) is 0 Å². The number of hydrogen-bond acceptors (Lipinski definition) is 4. The Bertz CT molecular complexity index is 558. The summed E-state index contributed by atoms with van der Waals surface area (Å²) >= 11 is 0. The molecular formula is C11H12N2O3. The quantitative estimate of drug-likeness (QED) is 0.575. The molecule has 0 atom stereocenters. The van der Waals surface area contributed by atoms with E-state index in [1.807, 2.05) is 13.8 Å². The number of oxazole rings is 1. The maximum Gasteiger partial charge on any atom is 0.272 e. The Morgan fingerprint density at radius 2 is 2.12 bits per heavy atom. The molecule has 0 aliphatic carbocycles. The van der Waals surface area contributed by atoms with E-state index in [0.29, 0.717) is 17.0 Å². The molecule has 0 bridgehead atoms. The van der Waals surface area contributed by atoms with E-state index in [2.05, 4.69) is 4.98 Å². The second kappa shape index (κ2) is 3.59. The van der Waals surface area contributed by atoms with Crippen molar-refractivity contribution in [1.82, 2.24) is 4.98 Å². The molecule has 0 radical (unpaired) electrons. The van der Waals surface area contributed by atoms with Crippen LogP contribution in [0.3, 0.4) is 0 Å². The molecule has 0 aliphatic rings. The zero-order valence-corrected chi connectivity index (χ0v) is 9.35. The van der Waals surface area contributed by atoms with Crippen LogP contribution in [-0.4, -0.2) is 9.91 Å². The molecule has 2 aromatic rings. The summed E-state index contributed by atoms with van der Waals surface area (Å²) in [5.41, 5.74) is 1.97. The molecule has 0 aliphatic heterocycles. The minimum Gasteiger partial charge on any atom is -0.440 e. The molecule has 5 nitrogen and oxygen atoms in total. The molecule has 0 unspecified atom stereocenters. The molecule has 5 heteroatoms. The number of fused-ring (bicyclic) bond motifs is 1. The molecule has 0 N–H and O–H groups in total. The van der Waals surface area contributed by atoms with Crippen LogP contribution < -0.4 is 0 Å². The first-order valence-corrected chi connectivity index (χ1v) is 5.04. The van der Waals surface area contributed by atoms with Crippen molar-refractivity contribution in [3.8, 4) is 0 Å². The number of aryl methyl sites for hydroxylation is 1. The Morgan fingerprint density at radius 3 is 2.69 bits per heavy atom. The van der Waals surface area contributed by atoms with Crippen LogP contribution in [-0.2, 0) is 0 Å². The smallest absolute Gasteiger partial charge is 0.272 e. The van der Waals surface area contributed by atoms with Gasteiger partial charge in [0.1, 0.15) is 5.52 Å². The minimum absolute atomic E-state index is 0.0496. The van der Waals surface area contributed by atoms with Gasteiger partial charge in [0.15, 0.2) is 11.5 Å². The molecule has 2 rings (SSSR count). The number of benzene rings is 1. The van der Waals surface area contributed by atoms with E-state index >= 15 is 0 Å². The maximum atomic E-state index is 10.7. The summed E-state index contributed by atoms with van der Waals surface area (Å²) in [5.74, 6) is 0.782. The molecule has 16 heavy (non-hydrogen) atoms. The third-order valence-corrected chi connectivity index (χ3v) is 2.38. The number of aromatic nitrogens is 1. The lowest BCUT2D eigenvalue weighted by Crippen LogP contribution is -1.88.